The zero-order chi connectivity index (χ0) is 29.9. The summed E-state index contributed by atoms with van der Waals surface area (Å²) in [6.45, 7) is 0. The highest BCUT2D eigenvalue weighted by molar-refractivity contribution is 5.92. The fourth-order valence-electron chi connectivity index (χ4n) is 2.62. The molecular formula is C30H32O10. The molecule has 8 N–H and O–H groups in total. The molecule has 0 amide bonds. The second-order valence-corrected chi connectivity index (χ2v) is 8.14. The summed E-state index contributed by atoms with van der Waals surface area (Å²) >= 11 is 0. The van der Waals surface area contributed by atoms with Crippen LogP contribution in [0.3, 0.4) is 0 Å². The monoisotopic (exact) mass is 552 g/mol. The Morgan fingerprint density at radius 2 is 0.375 bits per heavy atom. The summed E-state index contributed by atoms with van der Waals surface area (Å²) in [5.41, 5.74) is 0. The maximum Gasteiger partial charge on any atom is 0.133 e. The van der Waals surface area contributed by atoms with Crippen molar-refractivity contribution < 1.29 is 50.4 Å². The molecule has 0 bridgehead atoms. The van der Waals surface area contributed by atoms with Crippen molar-refractivity contribution in [2.45, 2.75) is 25.7 Å². The molecule has 10 nitrogen and oxygen atoms in total. The molecule has 0 atom stereocenters. The smallest absolute Gasteiger partial charge is 0.133 e. The molecular weight excluding hydrogens is 520 g/mol. The first-order valence-corrected chi connectivity index (χ1v) is 11.9. The van der Waals surface area contributed by atoms with Crippen molar-refractivity contribution >= 4 is 11.6 Å². The zero-order valence-corrected chi connectivity index (χ0v) is 21.5. The van der Waals surface area contributed by atoms with Crippen molar-refractivity contribution in [2.24, 2.45) is 0 Å². The summed E-state index contributed by atoms with van der Waals surface area (Å²) in [7, 11) is 0. The van der Waals surface area contributed by atoms with E-state index in [1.165, 1.54) is 97.1 Å². The van der Waals surface area contributed by atoms with Crippen LogP contribution in [0.2, 0.25) is 0 Å². The Kier molecular flexibility index (Phi) is 14.7. The van der Waals surface area contributed by atoms with Gasteiger partial charge in [-0.15, -0.1) is 0 Å². The van der Waals surface area contributed by atoms with E-state index < -0.39 is 0 Å². The van der Waals surface area contributed by atoms with Crippen LogP contribution >= 0.6 is 0 Å². The van der Waals surface area contributed by atoms with Crippen LogP contribution in [0.15, 0.2) is 97.1 Å². The lowest BCUT2D eigenvalue weighted by Gasteiger charge is -2.04. The van der Waals surface area contributed by atoms with Crippen molar-refractivity contribution in [3.8, 4) is 46.0 Å². The standard InChI is InChI=1S/C6H8O2.4C6H6O2/c5*7-5-1-2-6(8)4-3-5/h1-4H2;4*1-4,7-8H. The van der Waals surface area contributed by atoms with Gasteiger partial charge in [0.25, 0.3) is 0 Å². The van der Waals surface area contributed by atoms with Gasteiger partial charge < -0.3 is 40.9 Å². The quantitative estimate of drug-likeness (QED) is 0.136. The molecule has 0 heterocycles. The number of Topliss-reactive ketones (excluding diaryl/α,β-unsaturated/α-hetero) is 2. The molecule has 212 valence electrons. The first kappa shape index (κ1) is 32.6. The number of aromatic hydroxyl groups is 8. The predicted octanol–water partition coefficient (Wildman–Crippen LogP) is 5.09. The van der Waals surface area contributed by atoms with Crippen LogP contribution in [0.5, 0.6) is 46.0 Å². The Labute approximate surface area is 230 Å². The topological polar surface area (TPSA) is 196 Å². The number of carbonyl (C=O) groups is 2. The van der Waals surface area contributed by atoms with E-state index in [-0.39, 0.29) is 57.6 Å². The molecule has 0 radical (unpaired) electrons. The third-order valence-electron chi connectivity index (χ3n) is 4.76. The average Bonchev–Trinajstić information content (AvgIpc) is 2.94. The molecule has 10 heteroatoms. The van der Waals surface area contributed by atoms with Gasteiger partial charge in [-0.05, 0) is 97.1 Å². The predicted molar refractivity (Wildman–Crippen MR) is 148 cm³/mol. The third-order valence-corrected chi connectivity index (χ3v) is 4.76. The summed E-state index contributed by atoms with van der Waals surface area (Å²) in [6, 6.07) is 22.8. The van der Waals surface area contributed by atoms with Crippen LogP contribution in [0.25, 0.3) is 0 Å². The van der Waals surface area contributed by atoms with Gasteiger partial charge in [0.05, 0.1) is 0 Å². The summed E-state index contributed by atoms with van der Waals surface area (Å²) in [6.07, 6.45) is 1.94. The van der Waals surface area contributed by atoms with Crippen molar-refractivity contribution in [1.82, 2.24) is 0 Å². The summed E-state index contributed by atoms with van der Waals surface area (Å²) in [4.78, 5) is 20.9. The summed E-state index contributed by atoms with van der Waals surface area (Å²) < 4.78 is 0. The minimum Gasteiger partial charge on any atom is -0.508 e. The van der Waals surface area contributed by atoms with E-state index in [1.807, 2.05) is 0 Å². The zero-order valence-electron chi connectivity index (χ0n) is 21.5. The lowest BCUT2D eigenvalue weighted by molar-refractivity contribution is -0.128. The van der Waals surface area contributed by atoms with Gasteiger partial charge in [0.2, 0.25) is 0 Å². The number of phenols is 8. The minimum absolute atomic E-state index is 0.169. The Bertz CT molecular complexity index is 982. The van der Waals surface area contributed by atoms with Gasteiger partial charge in [-0.25, -0.2) is 0 Å². The highest BCUT2D eigenvalue weighted by Crippen LogP contribution is 2.15. The van der Waals surface area contributed by atoms with Crippen LogP contribution in [0, 0.1) is 0 Å². The third kappa shape index (κ3) is 16.4. The highest BCUT2D eigenvalue weighted by Gasteiger charge is 2.13. The molecule has 4 aromatic rings. The molecule has 1 saturated carbocycles. The van der Waals surface area contributed by atoms with E-state index in [0.717, 1.165) is 0 Å². The molecule has 0 unspecified atom stereocenters. The summed E-state index contributed by atoms with van der Waals surface area (Å²) in [5.74, 6) is 1.83. The minimum atomic E-state index is 0.169. The van der Waals surface area contributed by atoms with Crippen molar-refractivity contribution in [2.75, 3.05) is 0 Å². The summed E-state index contributed by atoms with van der Waals surface area (Å²) in [5, 5.41) is 69.2. The Hall–Kier alpha value is -5.38. The Morgan fingerprint density at radius 1 is 0.275 bits per heavy atom. The van der Waals surface area contributed by atoms with Crippen LogP contribution in [-0.2, 0) is 9.59 Å². The van der Waals surface area contributed by atoms with Gasteiger partial charge in [0, 0.05) is 25.7 Å². The van der Waals surface area contributed by atoms with Gasteiger partial charge in [0.15, 0.2) is 0 Å². The molecule has 1 aliphatic rings. The second-order valence-electron chi connectivity index (χ2n) is 8.14. The lowest BCUT2D eigenvalue weighted by Crippen LogP contribution is -2.12. The molecule has 0 aliphatic heterocycles. The Morgan fingerprint density at radius 3 is 0.475 bits per heavy atom. The van der Waals surface area contributed by atoms with E-state index in [4.69, 9.17) is 40.9 Å². The highest BCUT2D eigenvalue weighted by atomic mass is 16.3. The SMILES string of the molecule is O=C1CCC(=O)CC1.Oc1ccc(O)cc1.Oc1ccc(O)cc1.Oc1ccc(O)cc1.Oc1ccc(O)cc1. The van der Waals surface area contributed by atoms with E-state index in [9.17, 15) is 9.59 Å². The fourth-order valence-corrected chi connectivity index (χ4v) is 2.62. The number of carbonyl (C=O) groups excluding carboxylic acids is 2. The largest absolute Gasteiger partial charge is 0.508 e. The number of ketones is 2. The number of hydrogen-bond donors (Lipinski definition) is 8. The van der Waals surface area contributed by atoms with E-state index in [1.54, 1.807) is 0 Å². The van der Waals surface area contributed by atoms with Gasteiger partial charge >= 0.3 is 0 Å². The van der Waals surface area contributed by atoms with Gasteiger partial charge in [-0.1, -0.05) is 0 Å². The van der Waals surface area contributed by atoms with Gasteiger partial charge in [-0.3, -0.25) is 9.59 Å². The molecule has 5 rings (SSSR count). The van der Waals surface area contributed by atoms with Crippen molar-refractivity contribution in [3.63, 3.8) is 0 Å². The van der Waals surface area contributed by atoms with Crippen LogP contribution < -0.4 is 0 Å². The first-order chi connectivity index (χ1) is 18.9. The Balaban J connectivity index is 0.000000250. The normalized spacial score (nSPS) is 11.5. The van der Waals surface area contributed by atoms with Crippen molar-refractivity contribution in [1.29, 1.82) is 0 Å². The number of benzene rings is 4. The molecule has 0 saturated heterocycles. The molecule has 1 fully saturated rings. The van der Waals surface area contributed by atoms with E-state index >= 15 is 0 Å². The van der Waals surface area contributed by atoms with Crippen LogP contribution in [0.1, 0.15) is 25.7 Å². The van der Waals surface area contributed by atoms with Gasteiger partial charge in [-0.2, -0.15) is 0 Å². The molecule has 1 aliphatic carbocycles. The molecule has 0 spiro atoms. The van der Waals surface area contributed by atoms with Crippen molar-refractivity contribution in [3.05, 3.63) is 97.1 Å². The lowest BCUT2D eigenvalue weighted by atomic mass is 9.98. The maximum atomic E-state index is 10.5. The molecule has 0 aromatic heterocycles. The molecule has 4 aromatic carbocycles. The first-order valence-electron chi connectivity index (χ1n) is 11.9. The second kappa shape index (κ2) is 18.0. The van der Waals surface area contributed by atoms with E-state index in [2.05, 4.69) is 0 Å². The fraction of sp³-hybridized carbons (Fsp3) is 0.133. The molecule has 40 heavy (non-hydrogen) atoms. The van der Waals surface area contributed by atoms with Crippen LogP contribution in [0.4, 0.5) is 0 Å². The van der Waals surface area contributed by atoms with Gasteiger partial charge in [0.1, 0.15) is 57.6 Å². The number of rotatable bonds is 0. The van der Waals surface area contributed by atoms with Crippen LogP contribution in [-0.4, -0.2) is 52.4 Å². The van der Waals surface area contributed by atoms with E-state index in [0.29, 0.717) is 25.7 Å². The number of phenolic OH excluding ortho intramolecular Hbond substituents is 8. The average molecular weight is 553 g/mol. The maximum absolute atomic E-state index is 10.5. The number of hydrogen-bond acceptors (Lipinski definition) is 10.